The molecule has 2 rings (SSSR count). The van der Waals surface area contributed by atoms with Crippen molar-refractivity contribution in [1.82, 2.24) is 9.80 Å². The third kappa shape index (κ3) is 4.03. The number of benzene rings is 1. The van der Waals surface area contributed by atoms with Crippen molar-refractivity contribution in [3.63, 3.8) is 0 Å². The molecule has 6 heteroatoms. The van der Waals surface area contributed by atoms with Gasteiger partial charge in [0.15, 0.2) is 0 Å². The zero-order valence-corrected chi connectivity index (χ0v) is 12.0. The van der Waals surface area contributed by atoms with Crippen LogP contribution in [0.5, 0.6) is 0 Å². The third-order valence-corrected chi connectivity index (χ3v) is 3.67. The first-order valence-electron chi connectivity index (χ1n) is 6.94. The Bertz CT molecular complexity index is 532. The average Bonchev–Trinajstić information content (AvgIpc) is 2.61. The standard InChI is InChI=1S/C15H20N2O4/c1-11(18)17-7-6-16(9-13(19)10-17)8-12-4-2-3-5-14(12)15(20)21/h2-5,13,19H,6-10H2,1H3,(H,20,21)/t13-/m0/s1. The highest BCUT2D eigenvalue weighted by molar-refractivity contribution is 5.89. The van der Waals surface area contributed by atoms with Gasteiger partial charge in [0.05, 0.1) is 11.7 Å². The number of rotatable bonds is 3. The van der Waals surface area contributed by atoms with Crippen LogP contribution in [0.15, 0.2) is 24.3 Å². The Morgan fingerprint density at radius 3 is 2.62 bits per heavy atom. The summed E-state index contributed by atoms with van der Waals surface area (Å²) in [5, 5.41) is 19.2. The van der Waals surface area contributed by atoms with E-state index in [1.165, 1.54) is 6.92 Å². The molecule has 0 aromatic heterocycles. The number of amides is 1. The number of carboxylic acids is 1. The molecule has 0 bridgehead atoms. The summed E-state index contributed by atoms with van der Waals surface area (Å²) in [5.74, 6) is -1.01. The Balaban J connectivity index is 2.09. The summed E-state index contributed by atoms with van der Waals surface area (Å²) in [4.78, 5) is 26.2. The molecule has 0 unspecified atom stereocenters. The van der Waals surface area contributed by atoms with Gasteiger partial charge in [0, 0.05) is 39.6 Å². The summed E-state index contributed by atoms with van der Waals surface area (Å²) in [7, 11) is 0. The maximum atomic E-state index is 11.4. The molecule has 1 aliphatic rings. The molecule has 6 nitrogen and oxygen atoms in total. The molecule has 2 N–H and O–H groups in total. The second-order valence-electron chi connectivity index (χ2n) is 5.32. The topological polar surface area (TPSA) is 81.1 Å². The van der Waals surface area contributed by atoms with Crippen LogP contribution in [-0.2, 0) is 11.3 Å². The Hall–Kier alpha value is -1.92. The number of hydrogen-bond acceptors (Lipinski definition) is 4. The molecule has 0 aliphatic carbocycles. The molecule has 0 saturated carbocycles. The van der Waals surface area contributed by atoms with Gasteiger partial charge in [-0.2, -0.15) is 0 Å². The van der Waals surface area contributed by atoms with Crippen molar-refractivity contribution in [1.29, 1.82) is 0 Å². The van der Waals surface area contributed by atoms with Crippen LogP contribution in [0.25, 0.3) is 0 Å². The molecule has 1 fully saturated rings. The van der Waals surface area contributed by atoms with Crippen LogP contribution in [0, 0.1) is 0 Å². The minimum atomic E-state index is -0.952. The van der Waals surface area contributed by atoms with E-state index < -0.39 is 12.1 Å². The van der Waals surface area contributed by atoms with Crippen LogP contribution in [-0.4, -0.2) is 64.2 Å². The van der Waals surface area contributed by atoms with Gasteiger partial charge in [-0.15, -0.1) is 0 Å². The molecule has 1 aromatic carbocycles. The van der Waals surface area contributed by atoms with Crippen molar-refractivity contribution in [2.24, 2.45) is 0 Å². The summed E-state index contributed by atoms with van der Waals surface area (Å²) in [5.41, 5.74) is 0.994. The number of nitrogens with zero attached hydrogens (tertiary/aromatic N) is 2. The number of carboxylic acid groups (broad SMARTS) is 1. The molecular weight excluding hydrogens is 272 g/mol. The Morgan fingerprint density at radius 1 is 1.24 bits per heavy atom. The lowest BCUT2D eigenvalue weighted by molar-refractivity contribution is -0.129. The van der Waals surface area contributed by atoms with Crippen molar-refractivity contribution in [3.05, 3.63) is 35.4 Å². The lowest BCUT2D eigenvalue weighted by Gasteiger charge is -2.22. The highest BCUT2D eigenvalue weighted by Gasteiger charge is 2.23. The average molecular weight is 292 g/mol. The van der Waals surface area contributed by atoms with Crippen LogP contribution in [0.2, 0.25) is 0 Å². The number of aliphatic hydroxyl groups excluding tert-OH is 1. The predicted octanol–water partition coefficient (Wildman–Crippen LogP) is 0.410. The van der Waals surface area contributed by atoms with Gasteiger partial charge in [-0.1, -0.05) is 18.2 Å². The minimum absolute atomic E-state index is 0.0539. The zero-order valence-electron chi connectivity index (χ0n) is 12.0. The van der Waals surface area contributed by atoms with Crippen molar-refractivity contribution < 1.29 is 19.8 Å². The lowest BCUT2D eigenvalue weighted by Crippen LogP contribution is -2.36. The van der Waals surface area contributed by atoms with E-state index in [-0.39, 0.29) is 11.5 Å². The van der Waals surface area contributed by atoms with Crippen LogP contribution < -0.4 is 0 Å². The summed E-state index contributed by atoms with van der Waals surface area (Å²) < 4.78 is 0. The van der Waals surface area contributed by atoms with E-state index in [0.29, 0.717) is 38.3 Å². The fraction of sp³-hybridized carbons (Fsp3) is 0.467. The minimum Gasteiger partial charge on any atom is -0.478 e. The highest BCUT2D eigenvalue weighted by Crippen LogP contribution is 2.14. The van der Waals surface area contributed by atoms with Gasteiger partial charge in [-0.25, -0.2) is 4.79 Å². The van der Waals surface area contributed by atoms with E-state index in [2.05, 4.69) is 0 Å². The van der Waals surface area contributed by atoms with Gasteiger partial charge in [-0.3, -0.25) is 9.69 Å². The third-order valence-electron chi connectivity index (χ3n) is 3.67. The van der Waals surface area contributed by atoms with E-state index >= 15 is 0 Å². The maximum absolute atomic E-state index is 11.4. The van der Waals surface area contributed by atoms with E-state index in [9.17, 15) is 19.8 Å². The monoisotopic (exact) mass is 292 g/mol. The van der Waals surface area contributed by atoms with E-state index in [0.717, 1.165) is 0 Å². The van der Waals surface area contributed by atoms with Gasteiger partial charge < -0.3 is 15.1 Å². The first-order valence-corrected chi connectivity index (χ1v) is 6.94. The molecule has 1 atom stereocenters. The van der Waals surface area contributed by atoms with Gasteiger partial charge in [-0.05, 0) is 11.6 Å². The molecule has 1 aliphatic heterocycles. The van der Waals surface area contributed by atoms with Crippen LogP contribution >= 0.6 is 0 Å². The molecule has 0 radical (unpaired) electrons. The van der Waals surface area contributed by atoms with E-state index in [1.807, 2.05) is 4.90 Å². The second-order valence-corrected chi connectivity index (χ2v) is 5.32. The van der Waals surface area contributed by atoms with E-state index in [4.69, 9.17) is 0 Å². The fourth-order valence-electron chi connectivity index (χ4n) is 2.59. The van der Waals surface area contributed by atoms with Gasteiger partial charge in [0.25, 0.3) is 0 Å². The predicted molar refractivity (Wildman–Crippen MR) is 76.9 cm³/mol. The summed E-state index contributed by atoms with van der Waals surface area (Å²) in [6, 6.07) is 6.86. The van der Waals surface area contributed by atoms with Crippen molar-refractivity contribution in [2.45, 2.75) is 19.6 Å². The number of aliphatic hydroxyl groups is 1. The molecule has 114 valence electrons. The van der Waals surface area contributed by atoms with Crippen LogP contribution in [0.3, 0.4) is 0 Å². The largest absolute Gasteiger partial charge is 0.478 e. The van der Waals surface area contributed by atoms with Gasteiger partial charge in [0.2, 0.25) is 5.91 Å². The molecule has 21 heavy (non-hydrogen) atoms. The fourth-order valence-corrected chi connectivity index (χ4v) is 2.59. The highest BCUT2D eigenvalue weighted by atomic mass is 16.4. The number of hydrogen-bond donors (Lipinski definition) is 2. The maximum Gasteiger partial charge on any atom is 0.336 e. The van der Waals surface area contributed by atoms with E-state index in [1.54, 1.807) is 29.2 Å². The quantitative estimate of drug-likeness (QED) is 0.843. The second kappa shape index (κ2) is 6.69. The van der Waals surface area contributed by atoms with Crippen molar-refractivity contribution in [3.8, 4) is 0 Å². The Labute approximate surface area is 123 Å². The number of carbonyl (C=O) groups excluding carboxylic acids is 1. The Morgan fingerprint density at radius 2 is 1.95 bits per heavy atom. The number of β-amino-alcohol motifs (C(OH)–C–C–N with tert-alkyl or cyclic N) is 1. The SMILES string of the molecule is CC(=O)N1CCN(Cc2ccccc2C(=O)O)C[C@H](O)C1. The van der Waals surface area contributed by atoms with Crippen molar-refractivity contribution >= 4 is 11.9 Å². The molecular formula is C15H20N2O4. The number of carbonyl (C=O) groups is 2. The van der Waals surface area contributed by atoms with Gasteiger partial charge in [0.1, 0.15) is 0 Å². The number of aromatic carboxylic acids is 1. The van der Waals surface area contributed by atoms with Crippen LogP contribution in [0.1, 0.15) is 22.8 Å². The smallest absolute Gasteiger partial charge is 0.336 e. The zero-order chi connectivity index (χ0) is 15.4. The molecule has 1 aromatic rings. The first kappa shape index (κ1) is 15.5. The lowest BCUT2D eigenvalue weighted by atomic mass is 10.1. The normalized spacial score (nSPS) is 20.1. The molecule has 1 saturated heterocycles. The van der Waals surface area contributed by atoms with Gasteiger partial charge >= 0.3 is 5.97 Å². The first-order chi connectivity index (χ1) is 9.97. The summed E-state index contributed by atoms with van der Waals surface area (Å²) in [6.45, 7) is 3.85. The Kier molecular flexibility index (Phi) is 4.93. The van der Waals surface area contributed by atoms with Crippen molar-refractivity contribution in [2.75, 3.05) is 26.2 Å². The molecule has 0 spiro atoms. The summed E-state index contributed by atoms with van der Waals surface area (Å²) in [6.07, 6.45) is -0.617. The molecule has 1 heterocycles. The van der Waals surface area contributed by atoms with Crippen LogP contribution in [0.4, 0.5) is 0 Å². The summed E-state index contributed by atoms with van der Waals surface area (Å²) >= 11 is 0. The molecule has 1 amide bonds.